The minimum atomic E-state index is -2.59. The fourth-order valence-electron chi connectivity index (χ4n) is 12.2. The van der Waals surface area contributed by atoms with Crippen molar-refractivity contribution in [3.63, 3.8) is 0 Å². The lowest BCUT2D eigenvalue weighted by molar-refractivity contribution is -0.346. The number of aryl methyl sites for hydroxylation is 1. The molecule has 0 unspecified atom stereocenters. The summed E-state index contributed by atoms with van der Waals surface area (Å²) in [5.74, 6) is -12.3. The summed E-state index contributed by atoms with van der Waals surface area (Å²) in [5, 5.41) is 29.2. The summed E-state index contributed by atoms with van der Waals surface area (Å²) in [4.78, 5) is 150. The second-order valence-corrected chi connectivity index (χ2v) is 23.6. The fourth-order valence-corrected chi connectivity index (χ4v) is 12.2. The van der Waals surface area contributed by atoms with Crippen LogP contribution in [0.1, 0.15) is 146 Å². The van der Waals surface area contributed by atoms with Gasteiger partial charge in [-0.15, -0.1) is 0 Å². The Morgan fingerprint density at radius 2 is 1.42 bits per heavy atom. The van der Waals surface area contributed by atoms with Crippen molar-refractivity contribution in [2.75, 3.05) is 6.61 Å². The lowest BCUT2D eigenvalue weighted by atomic mass is 9.44. The highest BCUT2D eigenvalue weighted by molar-refractivity contribution is 5.97. The Balaban J connectivity index is 1.42. The van der Waals surface area contributed by atoms with Crippen LogP contribution < -0.4 is 10.6 Å². The molecular formula is C61H74N4O19. The van der Waals surface area contributed by atoms with Crippen molar-refractivity contribution in [1.29, 1.82) is 0 Å². The minimum Gasteiger partial charge on any atom is -0.481 e. The Bertz CT molecular complexity index is 3060. The molecule has 23 heteroatoms. The molecule has 1 aliphatic heterocycles. The number of hydrogen-bond acceptors (Lipinski definition) is 20. The number of Topliss-reactive ketones (excluding diaryl/α,β-unsaturated/α-hetero) is 1. The van der Waals surface area contributed by atoms with Gasteiger partial charge in [0.25, 0.3) is 5.91 Å². The van der Waals surface area contributed by atoms with Gasteiger partial charge in [-0.3, -0.25) is 43.3 Å². The van der Waals surface area contributed by atoms with Crippen molar-refractivity contribution in [2.24, 2.45) is 28.6 Å². The number of esters is 6. The molecule has 2 heterocycles. The monoisotopic (exact) mass is 1170 g/mol. The molecule has 3 fully saturated rings. The number of carboxylic acid groups (broad SMARTS) is 1. The van der Waals surface area contributed by atoms with Crippen LogP contribution in [-0.4, -0.2) is 140 Å². The van der Waals surface area contributed by atoms with E-state index in [9.17, 15) is 48.6 Å². The van der Waals surface area contributed by atoms with Crippen molar-refractivity contribution >= 4 is 59.4 Å². The molecule has 1 aromatic heterocycles. The van der Waals surface area contributed by atoms with E-state index in [1.807, 2.05) is 0 Å². The number of amides is 2. The van der Waals surface area contributed by atoms with Gasteiger partial charge in [0.15, 0.2) is 17.5 Å². The van der Waals surface area contributed by atoms with Gasteiger partial charge in [-0.2, -0.15) is 0 Å². The van der Waals surface area contributed by atoms with E-state index in [2.05, 4.69) is 20.6 Å². The van der Waals surface area contributed by atoms with Crippen LogP contribution in [0.2, 0.25) is 0 Å². The molecule has 2 aromatic carbocycles. The van der Waals surface area contributed by atoms with E-state index < -0.39 is 162 Å². The Morgan fingerprint density at radius 1 is 0.786 bits per heavy atom. The van der Waals surface area contributed by atoms with Crippen LogP contribution in [0, 0.1) is 35.5 Å². The molecule has 84 heavy (non-hydrogen) atoms. The lowest BCUT2D eigenvalue weighted by Gasteiger charge is -2.67. The van der Waals surface area contributed by atoms with Gasteiger partial charge < -0.3 is 54.0 Å². The van der Waals surface area contributed by atoms with Gasteiger partial charge in [-0.05, 0) is 67.9 Å². The number of aliphatic hydroxyl groups is 1. The third-order valence-electron chi connectivity index (χ3n) is 16.4. The summed E-state index contributed by atoms with van der Waals surface area (Å²) in [6.45, 7) is 16.3. The molecule has 23 nitrogen and oxygen atoms in total. The quantitative estimate of drug-likeness (QED) is 0.0591. The summed E-state index contributed by atoms with van der Waals surface area (Å²) >= 11 is 0. The minimum absolute atomic E-state index is 0.00942. The fraction of sp³-hybridized carbons (Fsp3) is 0.541. The number of benzene rings is 2. The number of ether oxygens (including phenoxy) is 7. The topological polar surface area (TPSA) is 326 Å². The maximum absolute atomic E-state index is 16.4. The molecule has 4 aliphatic rings. The number of hydrogen-bond donors (Lipinski definition) is 4. The van der Waals surface area contributed by atoms with E-state index in [0.717, 1.165) is 20.0 Å². The summed E-state index contributed by atoms with van der Waals surface area (Å²) in [6.07, 6.45) is -10.3. The average Bonchev–Trinajstić information content (AvgIpc) is 0.676. The highest BCUT2D eigenvalue weighted by atomic mass is 16.6. The van der Waals surface area contributed by atoms with Gasteiger partial charge in [0.2, 0.25) is 12.0 Å². The summed E-state index contributed by atoms with van der Waals surface area (Å²) < 4.78 is 43.7. The molecule has 7 rings (SSSR count). The SMILES string of the molecule is CC(=O)O[C@H]1C(=O)[C@]2(C)[C@@H](OC(=O)CC(C)C)C[C@H]3OC[C@@]3(OC(C)=O)[C@H]2[C@H](OC(=O)c2ccccc2)[C@]2(O)C[C@H](OC(=O)[C@H](OC(=O)CC(C)C)[C@@H](NC(=O)[C@@H](CCC(=O)O)NC(=O)c3cnc(C)cn3)c3ccccc3)C(C)=C1C2(C)C. The first-order valence-electron chi connectivity index (χ1n) is 27.9. The highest BCUT2D eigenvalue weighted by Gasteiger charge is 2.79. The largest absolute Gasteiger partial charge is 0.481 e. The van der Waals surface area contributed by atoms with Gasteiger partial charge in [0.1, 0.15) is 47.8 Å². The molecule has 2 amide bonds. The maximum Gasteiger partial charge on any atom is 0.350 e. The molecule has 0 radical (unpaired) electrons. The number of carbonyl (C=O) groups excluding carboxylic acids is 9. The van der Waals surface area contributed by atoms with Crippen LogP contribution in [-0.2, 0) is 71.5 Å². The number of ketones is 1. The number of carbonyl (C=O) groups is 10. The Kier molecular flexibility index (Phi) is 19.3. The van der Waals surface area contributed by atoms with E-state index in [0.29, 0.717) is 5.69 Å². The first-order chi connectivity index (χ1) is 39.4. The lowest BCUT2D eigenvalue weighted by Crippen LogP contribution is -2.82. The first-order valence-corrected chi connectivity index (χ1v) is 27.9. The summed E-state index contributed by atoms with van der Waals surface area (Å²) in [7, 11) is 0. The van der Waals surface area contributed by atoms with Crippen LogP contribution in [0.3, 0.4) is 0 Å². The third kappa shape index (κ3) is 13.1. The molecule has 1 saturated heterocycles. The second kappa shape index (κ2) is 25.5. The van der Waals surface area contributed by atoms with E-state index in [-0.39, 0.29) is 59.1 Å². The zero-order valence-corrected chi connectivity index (χ0v) is 49.0. The zero-order chi connectivity index (χ0) is 61.8. The van der Waals surface area contributed by atoms with Crippen molar-refractivity contribution in [3.8, 4) is 0 Å². The first kappa shape index (κ1) is 63.7. The molecular weight excluding hydrogens is 1090 g/mol. The number of nitrogens with zero attached hydrogens (tertiary/aromatic N) is 2. The van der Waals surface area contributed by atoms with Crippen LogP contribution in [0.15, 0.2) is 84.2 Å². The van der Waals surface area contributed by atoms with Gasteiger partial charge >= 0.3 is 41.8 Å². The molecule has 4 N–H and O–H groups in total. The number of aromatic nitrogens is 2. The Labute approximate surface area is 486 Å². The van der Waals surface area contributed by atoms with E-state index >= 15 is 9.59 Å². The number of carboxylic acids is 1. The van der Waals surface area contributed by atoms with Crippen molar-refractivity contribution < 1.29 is 91.3 Å². The second-order valence-electron chi connectivity index (χ2n) is 23.6. The molecule has 2 bridgehead atoms. The van der Waals surface area contributed by atoms with Crippen molar-refractivity contribution in [1.82, 2.24) is 20.6 Å². The van der Waals surface area contributed by atoms with Crippen LogP contribution >= 0.6 is 0 Å². The predicted octanol–water partition coefficient (Wildman–Crippen LogP) is 5.38. The van der Waals surface area contributed by atoms with Gasteiger partial charge in [0, 0.05) is 57.6 Å². The smallest absolute Gasteiger partial charge is 0.350 e. The van der Waals surface area contributed by atoms with E-state index in [1.165, 1.54) is 58.2 Å². The number of aliphatic carboxylic acids is 1. The number of fused-ring (bicyclic) bond motifs is 5. The molecule has 3 aromatic rings. The van der Waals surface area contributed by atoms with E-state index in [4.69, 9.17) is 33.2 Å². The van der Waals surface area contributed by atoms with Crippen LogP contribution in [0.5, 0.6) is 0 Å². The highest BCUT2D eigenvalue weighted by Crippen LogP contribution is 2.65. The maximum atomic E-state index is 16.4. The number of nitrogens with one attached hydrogen (secondary N) is 2. The molecule has 12 atom stereocenters. The van der Waals surface area contributed by atoms with Crippen LogP contribution in [0.4, 0.5) is 0 Å². The van der Waals surface area contributed by atoms with Gasteiger partial charge in [0.05, 0.1) is 35.4 Å². The normalized spacial score (nSPS) is 26.9. The molecule has 452 valence electrons. The predicted molar refractivity (Wildman–Crippen MR) is 293 cm³/mol. The standard InChI is InChI=1S/C61H74N4O19/c1-31(2)24-45(70)81-42-26-43-60(30-78-43,84-36(8)67)51-53(83-56(75)38-20-16-13-17-21-38)61(77)27-41(34(6)47(58(61,9)10)49(79-35(7)66)52(72)59(42,51)11)80-57(76)50(82-46(71)25-32(3)4)48(37-18-14-12-15-19-37)65-54(73)39(22-23-44(68)69)64-55(74)40-29-62-33(5)28-63-40/h12-21,28-29,31-32,39,41-43,48-51,53,77H,22-27,30H2,1-11H3,(H,64,74)(H,65,73)(H,68,69)/t39-,41+,42+,43-,48+,49-,50-,51+,53+,59-,60+,61-/m1/s1. The van der Waals surface area contributed by atoms with Gasteiger partial charge in [-0.1, -0.05) is 90.1 Å². The third-order valence-corrected chi connectivity index (χ3v) is 16.4. The molecule has 3 aliphatic carbocycles. The number of rotatable bonds is 21. The average molecular weight is 1170 g/mol. The molecule has 0 spiro atoms. The Morgan fingerprint density at radius 3 is 1.98 bits per heavy atom. The zero-order valence-electron chi connectivity index (χ0n) is 49.0. The van der Waals surface area contributed by atoms with Crippen molar-refractivity contribution in [2.45, 2.75) is 175 Å². The van der Waals surface area contributed by atoms with Gasteiger partial charge in [-0.25, -0.2) is 14.6 Å². The van der Waals surface area contributed by atoms with Crippen molar-refractivity contribution in [3.05, 3.63) is 107 Å². The summed E-state index contributed by atoms with van der Waals surface area (Å²) in [5.41, 5.74) is -8.18. The van der Waals surface area contributed by atoms with Crippen LogP contribution in [0.25, 0.3) is 0 Å². The summed E-state index contributed by atoms with van der Waals surface area (Å²) in [6, 6.07) is 12.1. The Hall–Kier alpha value is -7.92. The molecule has 2 saturated carbocycles. The van der Waals surface area contributed by atoms with E-state index in [1.54, 1.807) is 71.0 Å².